The molecule has 0 unspecified atom stereocenters. The van der Waals surface area contributed by atoms with Crippen molar-refractivity contribution in [1.29, 1.82) is 0 Å². The van der Waals surface area contributed by atoms with Crippen LogP contribution in [0.4, 0.5) is 0 Å². The highest BCUT2D eigenvalue weighted by Gasteiger charge is 2.25. The summed E-state index contributed by atoms with van der Waals surface area (Å²) in [6.07, 6.45) is 0. The van der Waals surface area contributed by atoms with Crippen LogP contribution >= 0.6 is 0 Å². The molecule has 14 rings (SSSR count). The Balaban J connectivity index is 1.07. The topological polar surface area (TPSA) is 19.7 Å². The monoisotopic (exact) mass is 814 g/mol. The minimum Gasteiger partial charge on any atom is -0.309 e. The maximum atomic E-state index is 2.50. The zero-order chi connectivity index (χ0) is 41.9. The Morgan fingerprint density at radius 2 is 0.531 bits per heavy atom. The van der Waals surface area contributed by atoms with Crippen molar-refractivity contribution in [3.63, 3.8) is 0 Å². The van der Waals surface area contributed by atoms with E-state index in [9.17, 15) is 0 Å². The molecular weight excluding hydrogens is 777 g/mol. The van der Waals surface area contributed by atoms with Crippen molar-refractivity contribution >= 4 is 87.2 Å². The van der Waals surface area contributed by atoms with E-state index in [4.69, 9.17) is 0 Å². The van der Waals surface area contributed by atoms with Crippen LogP contribution in [0, 0.1) is 0 Å². The number of hydrogen-bond acceptors (Lipinski definition) is 0. The maximum absolute atomic E-state index is 2.50. The number of nitrogens with zero attached hydrogens (tertiary/aromatic N) is 4. The minimum absolute atomic E-state index is 1.13. The molecule has 0 bridgehead atoms. The van der Waals surface area contributed by atoms with Crippen molar-refractivity contribution in [3.05, 3.63) is 231 Å². The summed E-state index contributed by atoms with van der Waals surface area (Å²) in [6.45, 7) is 0. The first-order valence-corrected chi connectivity index (χ1v) is 22.0. The van der Waals surface area contributed by atoms with Gasteiger partial charge in [0.05, 0.1) is 55.5 Å². The second kappa shape index (κ2) is 13.4. The standard InChI is InChI=1S/C60H38N4/c1-3-19-39(20-4-1)61-49-29-13-9-25-43(49)45-35-37-55-57(59(45)61)47-27-11-17-33-53(47)63(55)51-31-15-7-23-41(51)42-24-8-16-32-52(42)64-54-34-18-12-28-48(54)58-56(64)38-36-46-44-26-10-14-30-50(44)62(60(46)58)40-21-5-2-6-22-40/h1-38H. The lowest BCUT2D eigenvalue weighted by Crippen LogP contribution is -2.01. The normalized spacial score (nSPS) is 12.1. The van der Waals surface area contributed by atoms with Gasteiger partial charge in [-0.2, -0.15) is 0 Å². The fraction of sp³-hybridized carbons (Fsp3) is 0. The van der Waals surface area contributed by atoms with Crippen LogP contribution in [0.3, 0.4) is 0 Å². The molecule has 0 radical (unpaired) electrons. The largest absolute Gasteiger partial charge is 0.309 e. The zero-order valence-corrected chi connectivity index (χ0v) is 34.7. The van der Waals surface area contributed by atoms with Gasteiger partial charge in [-0.1, -0.05) is 158 Å². The van der Waals surface area contributed by atoms with Gasteiger partial charge in [-0.05, 0) is 72.8 Å². The Bertz CT molecular complexity index is 3910. The summed E-state index contributed by atoms with van der Waals surface area (Å²) in [5, 5.41) is 9.95. The molecule has 14 aromatic rings. The average Bonchev–Trinajstić information content (AvgIpc) is 4.09. The second-order valence-corrected chi connectivity index (χ2v) is 16.8. The first-order valence-electron chi connectivity index (χ1n) is 22.0. The summed E-state index contributed by atoms with van der Waals surface area (Å²) < 4.78 is 9.91. The Labute approximate surface area is 368 Å². The Kier molecular flexibility index (Phi) is 7.36. The van der Waals surface area contributed by atoms with Crippen LogP contribution in [-0.2, 0) is 0 Å². The number of aromatic nitrogens is 4. The summed E-state index contributed by atoms with van der Waals surface area (Å²) in [6, 6.07) is 84.4. The number of benzene rings is 10. The minimum atomic E-state index is 1.13. The first kappa shape index (κ1) is 35.0. The predicted molar refractivity (Wildman–Crippen MR) is 269 cm³/mol. The summed E-state index contributed by atoms with van der Waals surface area (Å²) in [5.74, 6) is 0. The van der Waals surface area contributed by atoms with E-state index in [1.165, 1.54) is 87.2 Å². The van der Waals surface area contributed by atoms with E-state index in [0.717, 1.165) is 33.9 Å². The van der Waals surface area contributed by atoms with E-state index < -0.39 is 0 Å². The van der Waals surface area contributed by atoms with Crippen LogP contribution in [0.2, 0.25) is 0 Å². The molecule has 4 nitrogen and oxygen atoms in total. The van der Waals surface area contributed by atoms with Crippen LogP contribution in [-0.4, -0.2) is 18.3 Å². The van der Waals surface area contributed by atoms with E-state index in [-0.39, 0.29) is 0 Å². The van der Waals surface area contributed by atoms with Crippen LogP contribution < -0.4 is 0 Å². The smallest absolute Gasteiger partial charge is 0.0641 e. The van der Waals surface area contributed by atoms with Gasteiger partial charge in [0.15, 0.2) is 0 Å². The molecule has 0 spiro atoms. The van der Waals surface area contributed by atoms with E-state index in [1.54, 1.807) is 0 Å². The molecule has 0 saturated heterocycles. The molecule has 0 saturated carbocycles. The molecule has 0 aliphatic carbocycles. The number of fused-ring (bicyclic) bond motifs is 14. The van der Waals surface area contributed by atoms with Crippen molar-refractivity contribution in [2.24, 2.45) is 0 Å². The summed E-state index contributed by atoms with van der Waals surface area (Å²) in [4.78, 5) is 0. The summed E-state index contributed by atoms with van der Waals surface area (Å²) in [5.41, 5.74) is 16.4. The summed E-state index contributed by atoms with van der Waals surface area (Å²) in [7, 11) is 0. The predicted octanol–water partition coefficient (Wildman–Crippen LogP) is 15.7. The molecule has 4 heteroatoms. The van der Waals surface area contributed by atoms with Crippen molar-refractivity contribution in [1.82, 2.24) is 18.3 Å². The van der Waals surface area contributed by atoms with E-state index >= 15 is 0 Å². The summed E-state index contributed by atoms with van der Waals surface area (Å²) >= 11 is 0. The molecule has 4 heterocycles. The Morgan fingerprint density at radius 1 is 0.203 bits per heavy atom. The van der Waals surface area contributed by atoms with Gasteiger partial charge in [0.1, 0.15) is 0 Å². The molecule has 0 atom stereocenters. The maximum Gasteiger partial charge on any atom is 0.0641 e. The van der Waals surface area contributed by atoms with Gasteiger partial charge in [-0.25, -0.2) is 0 Å². The van der Waals surface area contributed by atoms with Gasteiger partial charge in [-0.3, -0.25) is 0 Å². The first-order chi connectivity index (χ1) is 31.8. The third kappa shape index (κ3) is 4.77. The SMILES string of the molecule is c1ccc(-n2c3ccccc3c3ccc4c(c5ccccc5n4-c4ccccc4-c4ccccc4-n4c5ccccc5c5c4ccc4c6ccccc6n(-c6ccccc6)c45)c32)cc1. The molecular formula is C60H38N4. The van der Waals surface area contributed by atoms with Crippen molar-refractivity contribution in [3.8, 4) is 33.9 Å². The number of rotatable bonds is 5. The second-order valence-electron chi connectivity index (χ2n) is 16.8. The molecule has 0 fully saturated rings. The van der Waals surface area contributed by atoms with Gasteiger partial charge in [0.2, 0.25) is 0 Å². The lowest BCUT2D eigenvalue weighted by Gasteiger charge is -2.18. The highest BCUT2D eigenvalue weighted by molar-refractivity contribution is 6.28. The molecule has 298 valence electrons. The highest BCUT2D eigenvalue weighted by atomic mass is 15.0. The van der Waals surface area contributed by atoms with Crippen LogP contribution in [0.15, 0.2) is 231 Å². The lowest BCUT2D eigenvalue weighted by atomic mass is 10.0. The third-order valence-corrected chi connectivity index (χ3v) is 13.5. The van der Waals surface area contributed by atoms with Crippen molar-refractivity contribution in [2.45, 2.75) is 0 Å². The van der Waals surface area contributed by atoms with Crippen LogP contribution in [0.25, 0.3) is 121 Å². The fourth-order valence-corrected chi connectivity index (χ4v) is 11.0. The van der Waals surface area contributed by atoms with Gasteiger partial charge in [0, 0.05) is 65.6 Å². The van der Waals surface area contributed by atoms with Crippen molar-refractivity contribution in [2.75, 3.05) is 0 Å². The lowest BCUT2D eigenvalue weighted by molar-refractivity contribution is 1.16. The third-order valence-electron chi connectivity index (χ3n) is 13.5. The van der Waals surface area contributed by atoms with E-state index in [0.29, 0.717) is 0 Å². The molecule has 0 aliphatic heterocycles. The molecule has 10 aromatic carbocycles. The zero-order valence-electron chi connectivity index (χ0n) is 34.7. The van der Waals surface area contributed by atoms with Gasteiger partial charge >= 0.3 is 0 Å². The van der Waals surface area contributed by atoms with E-state index in [1.807, 2.05) is 0 Å². The molecule has 64 heavy (non-hydrogen) atoms. The molecule has 0 N–H and O–H groups in total. The Hall–Kier alpha value is -8.60. The molecule has 4 aromatic heterocycles. The van der Waals surface area contributed by atoms with E-state index in [2.05, 4.69) is 249 Å². The van der Waals surface area contributed by atoms with Gasteiger partial charge in [0.25, 0.3) is 0 Å². The molecule has 0 amide bonds. The Morgan fingerprint density at radius 3 is 0.953 bits per heavy atom. The van der Waals surface area contributed by atoms with Gasteiger partial charge < -0.3 is 18.3 Å². The van der Waals surface area contributed by atoms with Crippen LogP contribution in [0.5, 0.6) is 0 Å². The van der Waals surface area contributed by atoms with Gasteiger partial charge in [-0.15, -0.1) is 0 Å². The van der Waals surface area contributed by atoms with Crippen molar-refractivity contribution < 1.29 is 0 Å². The quantitative estimate of drug-likeness (QED) is 0.165. The van der Waals surface area contributed by atoms with Crippen LogP contribution in [0.1, 0.15) is 0 Å². The number of hydrogen-bond donors (Lipinski definition) is 0. The molecule has 0 aliphatic rings. The highest BCUT2D eigenvalue weighted by Crippen LogP contribution is 2.46. The number of para-hydroxylation sites is 8. The fourth-order valence-electron chi connectivity index (χ4n) is 11.0. The average molecular weight is 815 g/mol.